The minimum absolute atomic E-state index is 0.0285. The highest BCUT2D eigenvalue weighted by Gasteiger charge is 2.51. The number of hydrogen-bond acceptors (Lipinski definition) is 17. The molecule has 0 spiro atoms. The van der Waals surface area contributed by atoms with E-state index in [4.69, 9.17) is 29.4 Å². The van der Waals surface area contributed by atoms with E-state index in [1.54, 1.807) is 44.2 Å². The second kappa shape index (κ2) is 28.1. The third kappa shape index (κ3) is 19.4. The van der Waals surface area contributed by atoms with Gasteiger partial charge in [0.15, 0.2) is 12.1 Å². The third-order valence-electron chi connectivity index (χ3n) is 12.0. The Bertz CT molecular complexity index is 1650. The molecule has 65 heavy (non-hydrogen) atoms. The van der Waals surface area contributed by atoms with E-state index in [9.17, 15) is 55.5 Å². The van der Waals surface area contributed by atoms with Crippen molar-refractivity contribution in [1.29, 1.82) is 0 Å². The van der Waals surface area contributed by atoms with Gasteiger partial charge in [0.25, 0.3) is 0 Å². The van der Waals surface area contributed by atoms with Crippen LogP contribution < -0.4 is 5.73 Å². The summed E-state index contributed by atoms with van der Waals surface area (Å²) in [4.78, 5) is 25.7. The Balaban J connectivity index is 1.87. The number of ether oxygens (including phenoxy) is 5. The molecule has 2 saturated heterocycles. The fraction of sp³-hybridized carbons (Fsp3) is 0.667. The van der Waals surface area contributed by atoms with Crippen molar-refractivity contribution in [2.45, 2.75) is 177 Å². The fourth-order valence-electron chi connectivity index (χ4n) is 8.10. The highest BCUT2D eigenvalue weighted by molar-refractivity contribution is 5.74. The van der Waals surface area contributed by atoms with E-state index in [-0.39, 0.29) is 43.9 Å². The van der Waals surface area contributed by atoms with E-state index < -0.39 is 128 Å². The van der Waals surface area contributed by atoms with Gasteiger partial charge in [-0.2, -0.15) is 0 Å². The summed E-state index contributed by atoms with van der Waals surface area (Å²) in [5, 5.41) is 97.7. The summed E-state index contributed by atoms with van der Waals surface area (Å²) in [6.07, 6.45) is 7.74. The molecule has 3 unspecified atom stereocenters. The van der Waals surface area contributed by atoms with Gasteiger partial charge in [0.1, 0.15) is 18.1 Å². The van der Waals surface area contributed by atoms with Crippen LogP contribution in [0.3, 0.4) is 0 Å². The smallest absolute Gasteiger partial charge is 0.313 e. The van der Waals surface area contributed by atoms with Crippen molar-refractivity contribution < 1.29 is 79.2 Å². The second-order valence-corrected chi connectivity index (χ2v) is 17.7. The first-order valence-corrected chi connectivity index (χ1v) is 22.6. The lowest BCUT2D eigenvalue weighted by Gasteiger charge is -2.45. The van der Waals surface area contributed by atoms with Crippen molar-refractivity contribution in [3.05, 3.63) is 85.1 Å². The van der Waals surface area contributed by atoms with Crippen LogP contribution >= 0.6 is 0 Å². The molecule has 3 aliphatic heterocycles. The minimum Gasteiger partial charge on any atom is -0.469 e. The van der Waals surface area contributed by atoms with Gasteiger partial charge in [0.2, 0.25) is 0 Å². The molecule has 368 valence electrons. The molecule has 3 heterocycles. The van der Waals surface area contributed by atoms with Gasteiger partial charge in [-0.05, 0) is 51.4 Å². The number of fused-ring (bicyclic) bond motifs is 2. The Hall–Kier alpha value is -3.40. The van der Waals surface area contributed by atoms with Gasteiger partial charge in [-0.25, -0.2) is 0 Å². The van der Waals surface area contributed by atoms with Gasteiger partial charge in [-0.3, -0.25) is 9.59 Å². The van der Waals surface area contributed by atoms with E-state index in [2.05, 4.69) is 13.0 Å². The maximum Gasteiger partial charge on any atom is 0.313 e. The molecule has 0 saturated carbocycles. The molecular formula is C48H75NO16. The van der Waals surface area contributed by atoms with Crippen LogP contribution in [0.4, 0.5) is 0 Å². The molecule has 3 aliphatic rings. The summed E-state index contributed by atoms with van der Waals surface area (Å²) >= 11 is 0. The zero-order valence-corrected chi connectivity index (χ0v) is 38.2. The fourth-order valence-corrected chi connectivity index (χ4v) is 8.10. The van der Waals surface area contributed by atoms with Crippen LogP contribution in [0.2, 0.25) is 0 Å². The molecule has 17 nitrogen and oxygen atoms in total. The number of aliphatic hydroxyl groups is 9. The van der Waals surface area contributed by atoms with Gasteiger partial charge in [0.05, 0.1) is 80.6 Å². The van der Waals surface area contributed by atoms with Gasteiger partial charge in [-0.15, -0.1) is 0 Å². The molecule has 11 N–H and O–H groups in total. The monoisotopic (exact) mass is 922 g/mol. The average molecular weight is 922 g/mol. The molecule has 17 heteroatoms. The topological polar surface area (TPSA) is 288 Å². The summed E-state index contributed by atoms with van der Waals surface area (Å²) < 4.78 is 28.5. The maximum atomic E-state index is 13.1. The zero-order valence-electron chi connectivity index (χ0n) is 38.2. The number of esters is 2. The highest BCUT2D eigenvalue weighted by Crippen LogP contribution is 2.38. The van der Waals surface area contributed by atoms with Crippen LogP contribution in [-0.4, -0.2) is 156 Å². The van der Waals surface area contributed by atoms with Crippen molar-refractivity contribution in [2.24, 2.45) is 23.5 Å². The SMILES string of the molecule is COC(=O)[C@H]1[C@@H]2C[C@@H](O[C@@H]3OC(C)[C@@H](O)C(N)C3O)/C=C/C=C/C=C/C=C/C=C/C=C/C=C/[C@H](C)C[C@@H](C)[C@H](C)OC(=O)C[C@H](O)C[C@H](O)CC[C@@H](O)[C@H](O)C[C@H](O)C[C@](O)(C[C@@H]1O)O2. The number of methoxy groups -OCH3 is 1. The Kier molecular flexibility index (Phi) is 24.1. The quantitative estimate of drug-likeness (QED) is 0.181. The van der Waals surface area contributed by atoms with Crippen LogP contribution in [0.25, 0.3) is 0 Å². The molecule has 0 aromatic carbocycles. The molecule has 0 aromatic heterocycles. The Labute approximate surface area is 382 Å². The third-order valence-corrected chi connectivity index (χ3v) is 12.0. The van der Waals surface area contributed by atoms with Crippen molar-refractivity contribution in [1.82, 2.24) is 0 Å². The Morgan fingerprint density at radius 1 is 0.677 bits per heavy atom. The van der Waals surface area contributed by atoms with Crippen molar-refractivity contribution in [3.8, 4) is 0 Å². The molecule has 2 bridgehead atoms. The van der Waals surface area contributed by atoms with Crippen LogP contribution in [0.5, 0.6) is 0 Å². The summed E-state index contributed by atoms with van der Waals surface area (Å²) in [6, 6.07) is -1.12. The molecule has 0 aliphatic carbocycles. The van der Waals surface area contributed by atoms with E-state index in [1.807, 2.05) is 55.5 Å². The minimum atomic E-state index is -2.26. The van der Waals surface area contributed by atoms with Gasteiger partial charge in [-0.1, -0.05) is 98.9 Å². The standard InChI is InChI=1S/C48H75NO16/c1-29-18-16-14-12-10-8-6-7-9-11-13-15-17-19-36(64-47-45(58)43(49)44(57)32(4)63-47)26-40-42(46(59)61-5)39(55)28-48(60,65-40)27-35(52)24-38(54)37(53)21-20-33(50)23-34(51)25-41(56)62-31(3)30(2)22-29/h6-19,29-40,42-45,47,50-55,57-58,60H,20-28,49H2,1-5H3/b7-6+,10-8+,11-9+,14-12+,15-13+,18-16+,19-17+/t29-,30+,31-,32?,33+,34+,35-,36-,37+,38+,39-,40-,42+,43?,44+,45?,47-,48+/m0/s1. The second-order valence-electron chi connectivity index (χ2n) is 17.7. The van der Waals surface area contributed by atoms with Crippen molar-refractivity contribution in [3.63, 3.8) is 0 Å². The van der Waals surface area contributed by atoms with E-state index in [1.165, 1.54) is 0 Å². The van der Waals surface area contributed by atoms with Crippen LogP contribution in [0.15, 0.2) is 85.1 Å². The number of nitrogens with two attached hydrogens (primary N) is 1. The summed E-state index contributed by atoms with van der Waals surface area (Å²) in [5.41, 5.74) is 6.05. The largest absolute Gasteiger partial charge is 0.469 e. The van der Waals surface area contributed by atoms with E-state index in [0.29, 0.717) is 0 Å². The normalized spacial score (nSPS) is 44.3. The predicted molar refractivity (Wildman–Crippen MR) is 240 cm³/mol. The lowest BCUT2D eigenvalue weighted by atomic mass is 9.82. The molecular weight excluding hydrogens is 847 g/mol. The lowest BCUT2D eigenvalue weighted by molar-refractivity contribution is -0.308. The van der Waals surface area contributed by atoms with E-state index >= 15 is 0 Å². The number of aliphatic hydroxyl groups excluding tert-OH is 8. The number of cyclic esters (lactones) is 1. The summed E-state index contributed by atoms with van der Waals surface area (Å²) in [5.74, 6) is -4.83. The first-order valence-electron chi connectivity index (χ1n) is 22.6. The molecule has 0 radical (unpaired) electrons. The van der Waals surface area contributed by atoms with Gasteiger partial charge >= 0.3 is 11.9 Å². The number of allylic oxidation sites excluding steroid dienone is 13. The molecule has 0 amide bonds. The lowest BCUT2D eigenvalue weighted by Crippen LogP contribution is -2.61. The average Bonchev–Trinajstić information content (AvgIpc) is 3.22. The van der Waals surface area contributed by atoms with Crippen LogP contribution in [0, 0.1) is 17.8 Å². The summed E-state index contributed by atoms with van der Waals surface area (Å²) in [6.45, 7) is 7.40. The number of carbonyl (C=O) groups is 2. The predicted octanol–water partition coefficient (Wildman–Crippen LogP) is 1.83. The van der Waals surface area contributed by atoms with Crippen LogP contribution in [-0.2, 0) is 33.3 Å². The first-order chi connectivity index (χ1) is 30.7. The molecule has 18 atom stereocenters. The maximum absolute atomic E-state index is 13.1. The van der Waals surface area contributed by atoms with Gasteiger partial charge < -0.3 is 75.4 Å². The molecule has 2 fully saturated rings. The van der Waals surface area contributed by atoms with Crippen molar-refractivity contribution in [2.75, 3.05) is 7.11 Å². The zero-order chi connectivity index (χ0) is 48.3. The number of hydrogen-bond donors (Lipinski definition) is 10. The van der Waals surface area contributed by atoms with Crippen LogP contribution in [0.1, 0.15) is 85.5 Å². The first kappa shape index (κ1) is 55.9. The number of rotatable bonds is 3. The van der Waals surface area contributed by atoms with Gasteiger partial charge in [0, 0.05) is 25.7 Å². The van der Waals surface area contributed by atoms with Crippen molar-refractivity contribution >= 4 is 11.9 Å². The Morgan fingerprint density at radius 2 is 1.26 bits per heavy atom. The summed E-state index contributed by atoms with van der Waals surface area (Å²) in [7, 11) is 1.12. The highest BCUT2D eigenvalue weighted by atomic mass is 16.7. The Morgan fingerprint density at radius 3 is 1.86 bits per heavy atom. The molecule has 0 aromatic rings. The number of carbonyl (C=O) groups excluding carboxylic acids is 2. The van der Waals surface area contributed by atoms with E-state index in [0.717, 1.165) is 13.5 Å². The molecule has 3 rings (SSSR count).